The second-order valence-corrected chi connectivity index (χ2v) is 8.95. The van der Waals surface area contributed by atoms with E-state index in [0.717, 1.165) is 40.5 Å². The number of para-hydroxylation sites is 1. The molecule has 0 unspecified atom stereocenters. The van der Waals surface area contributed by atoms with Crippen LogP contribution in [-0.2, 0) is 6.42 Å². The van der Waals surface area contributed by atoms with Gasteiger partial charge in [-0.25, -0.2) is 4.98 Å². The van der Waals surface area contributed by atoms with Crippen LogP contribution in [0.3, 0.4) is 0 Å². The molecule has 0 aliphatic heterocycles. The largest absolute Gasteiger partial charge is 0.485 e. The Morgan fingerprint density at radius 1 is 1.06 bits per heavy atom. The van der Waals surface area contributed by atoms with Crippen molar-refractivity contribution in [3.8, 4) is 17.2 Å². The van der Waals surface area contributed by atoms with Gasteiger partial charge in [-0.05, 0) is 61.6 Å². The molecule has 1 aliphatic rings. The maximum absolute atomic E-state index is 12.8. The Kier molecular flexibility index (Phi) is 4.95. The number of carbonyl (C=O) groups excluding carboxylic acids is 1. The highest BCUT2D eigenvalue weighted by molar-refractivity contribution is 6.10. The molecule has 0 fully saturated rings. The monoisotopic (exact) mass is 462 g/mol. The summed E-state index contributed by atoms with van der Waals surface area (Å²) in [6.45, 7) is 3.87. The third-order valence-corrected chi connectivity index (χ3v) is 6.86. The maximum atomic E-state index is 12.8. The van der Waals surface area contributed by atoms with E-state index < -0.39 is 5.91 Å². The maximum Gasteiger partial charge on any atom is 0.317 e. The molecular weight excluding hydrogens is 440 g/mol. The number of aryl methyl sites for hydroxylation is 3. The summed E-state index contributed by atoms with van der Waals surface area (Å²) in [7, 11) is 0. The van der Waals surface area contributed by atoms with Gasteiger partial charge < -0.3 is 9.15 Å². The third-order valence-electron chi connectivity index (χ3n) is 6.86. The standard InChI is InChI=1S/C29H22N2O4/c1-16-11-13-25(34-24-14-12-18-7-3-4-9-20(18)24)26-21(29(32)31-33)15-22(30-27(16)26)28-17(2)19-8-5-6-10-23(19)35-28/h3-11,13,15,24H,12,14H2,1-2H3/t24-/m1/s1. The highest BCUT2D eigenvalue weighted by Gasteiger charge is 2.27. The number of nitrogens with zero attached hydrogens (tertiary/aromatic N) is 2. The van der Waals surface area contributed by atoms with E-state index >= 15 is 0 Å². The predicted octanol–water partition coefficient (Wildman–Crippen LogP) is 7.24. The van der Waals surface area contributed by atoms with Crippen molar-refractivity contribution in [1.29, 1.82) is 0 Å². The number of amides is 1. The van der Waals surface area contributed by atoms with Crippen LogP contribution in [0.15, 0.2) is 76.3 Å². The quantitative estimate of drug-likeness (QED) is 0.263. The van der Waals surface area contributed by atoms with Gasteiger partial charge in [0, 0.05) is 16.1 Å². The molecule has 2 heterocycles. The van der Waals surface area contributed by atoms with Crippen LogP contribution >= 0.6 is 0 Å². The molecule has 172 valence electrons. The molecule has 1 amide bonds. The number of hydrogen-bond donors (Lipinski definition) is 0. The van der Waals surface area contributed by atoms with Gasteiger partial charge in [0.1, 0.15) is 23.1 Å². The normalized spacial score (nSPS) is 14.9. The van der Waals surface area contributed by atoms with Gasteiger partial charge in [0.25, 0.3) is 0 Å². The van der Waals surface area contributed by atoms with E-state index in [2.05, 4.69) is 17.3 Å². The molecule has 6 rings (SSSR count). The Hall–Kier alpha value is -4.32. The van der Waals surface area contributed by atoms with Crippen molar-refractivity contribution in [3.63, 3.8) is 0 Å². The molecule has 6 nitrogen and oxygen atoms in total. The second kappa shape index (κ2) is 8.17. The van der Waals surface area contributed by atoms with Gasteiger partial charge in [0.2, 0.25) is 0 Å². The fourth-order valence-corrected chi connectivity index (χ4v) is 5.09. The van der Waals surface area contributed by atoms with E-state index in [1.165, 1.54) is 5.56 Å². The molecule has 35 heavy (non-hydrogen) atoms. The van der Waals surface area contributed by atoms with Gasteiger partial charge >= 0.3 is 5.91 Å². The molecule has 3 aromatic carbocycles. The number of pyridine rings is 1. The highest BCUT2D eigenvalue weighted by atomic mass is 16.5. The van der Waals surface area contributed by atoms with Crippen LogP contribution in [0.5, 0.6) is 5.75 Å². The van der Waals surface area contributed by atoms with E-state index in [4.69, 9.17) is 14.1 Å². The molecule has 0 saturated heterocycles. The van der Waals surface area contributed by atoms with Crippen LogP contribution in [0.4, 0.5) is 0 Å². The lowest BCUT2D eigenvalue weighted by Crippen LogP contribution is -2.07. The van der Waals surface area contributed by atoms with E-state index in [1.54, 1.807) is 6.07 Å². The first kappa shape index (κ1) is 21.2. The second-order valence-electron chi connectivity index (χ2n) is 8.95. The molecule has 5 aromatic rings. The molecule has 0 bridgehead atoms. The number of hydrogen-bond acceptors (Lipinski definition) is 5. The fourth-order valence-electron chi connectivity index (χ4n) is 5.09. The van der Waals surface area contributed by atoms with Gasteiger partial charge in [0.15, 0.2) is 5.76 Å². The number of nitroso groups, excluding NO2 is 1. The van der Waals surface area contributed by atoms with Gasteiger partial charge in [-0.3, -0.25) is 4.79 Å². The van der Waals surface area contributed by atoms with E-state index in [-0.39, 0.29) is 11.7 Å². The molecule has 2 aromatic heterocycles. The van der Waals surface area contributed by atoms with Crippen LogP contribution in [-0.4, -0.2) is 10.9 Å². The zero-order valence-electron chi connectivity index (χ0n) is 19.4. The average Bonchev–Trinajstić information content (AvgIpc) is 3.45. The Morgan fingerprint density at radius 2 is 1.86 bits per heavy atom. The molecule has 0 spiro atoms. The van der Waals surface area contributed by atoms with Gasteiger partial charge in [0.05, 0.1) is 16.5 Å². The third kappa shape index (κ3) is 3.41. The van der Waals surface area contributed by atoms with Crippen molar-refractivity contribution in [2.24, 2.45) is 5.18 Å². The minimum Gasteiger partial charge on any atom is -0.485 e. The molecule has 0 saturated carbocycles. The number of benzene rings is 3. The Bertz CT molecular complexity index is 1650. The Balaban J connectivity index is 1.55. The zero-order chi connectivity index (χ0) is 24.1. The summed E-state index contributed by atoms with van der Waals surface area (Å²) in [5, 5.41) is 4.21. The van der Waals surface area contributed by atoms with Crippen LogP contribution in [0, 0.1) is 18.8 Å². The van der Waals surface area contributed by atoms with Crippen molar-refractivity contribution in [3.05, 3.63) is 99.5 Å². The molecular formula is C29H22N2O4. The summed E-state index contributed by atoms with van der Waals surface area (Å²) < 4.78 is 12.6. The first-order valence-corrected chi connectivity index (χ1v) is 11.6. The van der Waals surface area contributed by atoms with Crippen LogP contribution in [0.1, 0.15) is 45.1 Å². The molecule has 1 atom stereocenters. The van der Waals surface area contributed by atoms with Crippen molar-refractivity contribution in [2.45, 2.75) is 32.8 Å². The van der Waals surface area contributed by atoms with Crippen LogP contribution in [0.25, 0.3) is 33.3 Å². The lowest BCUT2D eigenvalue weighted by molar-refractivity contribution is 0.100. The molecule has 0 N–H and O–H groups in total. The minimum atomic E-state index is -0.866. The van der Waals surface area contributed by atoms with Crippen molar-refractivity contribution < 1.29 is 13.9 Å². The summed E-state index contributed by atoms with van der Waals surface area (Å²) in [6, 6.07) is 21.3. The first-order chi connectivity index (χ1) is 17.0. The first-order valence-electron chi connectivity index (χ1n) is 11.6. The average molecular weight is 463 g/mol. The summed E-state index contributed by atoms with van der Waals surface area (Å²) >= 11 is 0. The Morgan fingerprint density at radius 3 is 2.69 bits per heavy atom. The molecule has 6 heteroatoms. The highest BCUT2D eigenvalue weighted by Crippen LogP contribution is 2.41. The summed E-state index contributed by atoms with van der Waals surface area (Å²) in [5.74, 6) is 0.206. The molecule has 0 radical (unpaired) electrons. The van der Waals surface area contributed by atoms with E-state index in [0.29, 0.717) is 28.1 Å². The number of fused-ring (bicyclic) bond motifs is 3. The number of aromatic nitrogens is 1. The predicted molar refractivity (Wildman–Crippen MR) is 135 cm³/mol. The fraction of sp³-hybridized carbons (Fsp3) is 0.172. The van der Waals surface area contributed by atoms with Crippen LogP contribution < -0.4 is 4.74 Å². The minimum absolute atomic E-state index is 0.137. The number of carbonyl (C=O) groups is 1. The zero-order valence-corrected chi connectivity index (χ0v) is 19.4. The summed E-state index contributed by atoms with van der Waals surface area (Å²) in [4.78, 5) is 29.1. The lowest BCUT2D eigenvalue weighted by atomic mass is 10.0. The van der Waals surface area contributed by atoms with Gasteiger partial charge in [-0.1, -0.05) is 48.5 Å². The summed E-state index contributed by atoms with van der Waals surface area (Å²) in [5.41, 5.74) is 6.13. The van der Waals surface area contributed by atoms with Gasteiger partial charge in [-0.15, -0.1) is 4.91 Å². The van der Waals surface area contributed by atoms with Gasteiger partial charge in [-0.2, -0.15) is 0 Å². The van der Waals surface area contributed by atoms with E-state index in [9.17, 15) is 9.70 Å². The van der Waals surface area contributed by atoms with Crippen molar-refractivity contribution in [1.82, 2.24) is 4.98 Å². The Labute approximate surface area is 201 Å². The lowest BCUT2D eigenvalue weighted by Gasteiger charge is -2.18. The number of ether oxygens (including phenoxy) is 1. The topological polar surface area (TPSA) is 81.8 Å². The van der Waals surface area contributed by atoms with Crippen molar-refractivity contribution in [2.75, 3.05) is 0 Å². The summed E-state index contributed by atoms with van der Waals surface area (Å²) in [6.07, 6.45) is 1.63. The number of rotatable bonds is 4. The van der Waals surface area contributed by atoms with Crippen molar-refractivity contribution >= 4 is 27.8 Å². The smallest absolute Gasteiger partial charge is 0.317 e. The number of furan rings is 1. The molecule has 1 aliphatic carbocycles. The SMILES string of the molecule is Cc1c(-c2cc(C(=O)N=O)c3c(O[C@@H]4CCc5ccccc54)ccc(C)c3n2)oc2ccccc12. The van der Waals surface area contributed by atoms with Crippen LogP contribution in [0.2, 0.25) is 0 Å². The van der Waals surface area contributed by atoms with E-state index in [1.807, 2.05) is 62.4 Å².